The fourth-order valence-electron chi connectivity index (χ4n) is 1.09. The summed E-state index contributed by atoms with van der Waals surface area (Å²) in [4.78, 5) is 13.8. The molecular formula is C9H8F3NO2. The predicted octanol–water partition coefficient (Wildman–Crippen LogP) is 1.85. The standard InChI is InChI=1S/C9H8F3NO2/c1-15-8-4-7(9(10,11)12)6(2-3-14)5-13-8/h3-5H,2H2,1H3. The summed E-state index contributed by atoms with van der Waals surface area (Å²) in [5, 5.41) is 0. The van der Waals surface area contributed by atoms with Crippen molar-refractivity contribution in [3.63, 3.8) is 0 Å². The summed E-state index contributed by atoms with van der Waals surface area (Å²) in [6.07, 6.45) is -3.42. The van der Waals surface area contributed by atoms with Crippen LogP contribution in [-0.4, -0.2) is 18.4 Å². The molecule has 0 aromatic carbocycles. The first kappa shape index (κ1) is 11.5. The van der Waals surface area contributed by atoms with Gasteiger partial charge in [-0.2, -0.15) is 13.2 Å². The second kappa shape index (κ2) is 4.29. The predicted molar refractivity (Wildman–Crippen MR) is 45.6 cm³/mol. The van der Waals surface area contributed by atoms with Gasteiger partial charge in [-0.05, 0) is 5.56 Å². The SMILES string of the molecule is COc1cc(C(F)(F)F)c(CC=O)cn1. The zero-order valence-electron chi connectivity index (χ0n) is 7.84. The van der Waals surface area contributed by atoms with Gasteiger partial charge in [0, 0.05) is 18.7 Å². The molecule has 0 spiro atoms. The molecule has 1 aromatic heterocycles. The first-order valence-corrected chi connectivity index (χ1v) is 4.02. The lowest BCUT2D eigenvalue weighted by Gasteiger charge is -2.11. The second-order valence-corrected chi connectivity index (χ2v) is 2.75. The van der Waals surface area contributed by atoms with Gasteiger partial charge in [-0.15, -0.1) is 0 Å². The van der Waals surface area contributed by atoms with Gasteiger partial charge in [0.25, 0.3) is 0 Å². The molecule has 0 atom stereocenters. The first-order valence-electron chi connectivity index (χ1n) is 4.02. The minimum atomic E-state index is -4.51. The number of carbonyl (C=O) groups is 1. The zero-order chi connectivity index (χ0) is 11.5. The number of halogens is 3. The van der Waals surface area contributed by atoms with Crippen molar-refractivity contribution >= 4 is 6.29 Å². The smallest absolute Gasteiger partial charge is 0.416 e. The number of alkyl halides is 3. The first-order chi connectivity index (χ1) is 6.99. The largest absolute Gasteiger partial charge is 0.481 e. The van der Waals surface area contributed by atoms with Gasteiger partial charge in [0.1, 0.15) is 6.29 Å². The van der Waals surface area contributed by atoms with Gasteiger partial charge >= 0.3 is 6.18 Å². The third-order valence-electron chi connectivity index (χ3n) is 1.78. The Hall–Kier alpha value is -1.59. The minimum absolute atomic E-state index is 0.128. The van der Waals surface area contributed by atoms with Crippen LogP contribution in [0.1, 0.15) is 11.1 Å². The Morgan fingerprint density at radius 1 is 1.53 bits per heavy atom. The van der Waals surface area contributed by atoms with E-state index in [-0.39, 0.29) is 17.9 Å². The van der Waals surface area contributed by atoms with E-state index in [9.17, 15) is 18.0 Å². The fourth-order valence-corrected chi connectivity index (χ4v) is 1.09. The summed E-state index contributed by atoms with van der Waals surface area (Å²) in [6.45, 7) is 0. The normalized spacial score (nSPS) is 11.2. The van der Waals surface area contributed by atoms with Crippen LogP contribution in [0.4, 0.5) is 13.2 Å². The quantitative estimate of drug-likeness (QED) is 0.728. The van der Waals surface area contributed by atoms with E-state index in [1.54, 1.807) is 0 Å². The molecule has 0 amide bonds. The molecule has 0 fully saturated rings. The number of hydrogen-bond donors (Lipinski definition) is 0. The van der Waals surface area contributed by atoms with Crippen LogP contribution >= 0.6 is 0 Å². The summed E-state index contributed by atoms with van der Waals surface area (Å²) >= 11 is 0. The van der Waals surface area contributed by atoms with Crippen LogP contribution in [-0.2, 0) is 17.4 Å². The molecule has 0 aliphatic rings. The van der Waals surface area contributed by atoms with Crippen molar-refractivity contribution in [2.75, 3.05) is 7.11 Å². The Morgan fingerprint density at radius 2 is 2.20 bits per heavy atom. The number of aromatic nitrogens is 1. The maximum atomic E-state index is 12.5. The van der Waals surface area contributed by atoms with E-state index in [1.807, 2.05) is 0 Å². The van der Waals surface area contributed by atoms with Crippen LogP contribution < -0.4 is 4.74 Å². The van der Waals surface area contributed by atoms with Gasteiger partial charge in [-0.3, -0.25) is 0 Å². The minimum Gasteiger partial charge on any atom is -0.481 e. The molecule has 0 aliphatic carbocycles. The third kappa shape index (κ3) is 2.68. The molecule has 15 heavy (non-hydrogen) atoms. The molecular weight excluding hydrogens is 211 g/mol. The molecule has 1 aromatic rings. The Labute approximate surface area is 83.9 Å². The van der Waals surface area contributed by atoms with E-state index in [0.29, 0.717) is 6.29 Å². The highest BCUT2D eigenvalue weighted by Gasteiger charge is 2.33. The number of hydrogen-bond acceptors (Lipinski definition) is 3. The highest BCUT2D eigenvalue weighted by Crippen LogP contribution is 2.33. The van der Waals surface area contributed by atoms with Crippen LogP contribution in [0, 0.1) is 0 Å². The molecule has 0 saturated carbocycles. The number of rotatable bonds is 3. The highest BCUT2D eigenvalue weighted by atomic mass is 19.4. The summed E-state index contributed by atoms with van der Waals surface area (Å²) in [6, 6.07) is 0.777. The number of ether oxygens (including phenoxy) is 1. The summed E-state index contributed by atoms with van der Waals surface area (Å²) in [5.74, 6) is -0.128. The van der Waals surface area contributed by atoms with Crippen LogP contribution in [0.15, 0.2) is 12.3 Å². The third-order valence-corrected chi connectivity index (χ3v) is 1.78. The van der Waals surface area contributed by atoms with E-state index in [1.165, 1.54) is 7.11 Å². The van der Waals surface area contributed by atoms with Crippen LogP contribution in [0.3, 0.4) is 0 Å². The van der Waals surface area contributed by atoms with Crippen LogP contribution in [0.5, 0.6) is 5.88 Å². The highest BCUT2D eigenvalue weighted by molar-refractivity contribution is 5.56. The van der Waals surface area contributed by atoms with Gasteiger partial charge in [0.15, 0.2) is 0 Å². The van der Waals surface area contributed by atoms with Gasteiger partial charge < -0.3 is 9.53 Å². The maximum absolute atomic E-state index is 12.5. The molecule has 0 radical (unpaired) electrons. The summed E-state index contributed by atoms with van der Waals surface area (Å²) < 4.78 is 42.1. The molecule has 0 unspecified atom stereocenters. The number of nitrogens with zero attached hydrogens (tertiary/aromatic N) is 1. The molecule has 0 bridgehead atoms. The van der Waals surface area contributed by atoms with E-state index in [4.69, 9.17) is 0 Å². The topological polar surface area (TPSA) is 39.2 Å². The lowest BCUT2D eigenvalue weighted by atomic mass is 10.1. The van der Waals surface area contributed by atoms with Crippen molar-refractivity contribution in [2.45, 2.75) is 12.6 Å². The Balaban J connectivity index is 3.22. The van der Waals surface area contributed by atoms with Gasteiger partial charge in [-0.1, -0.05) is 0 Å². The van der Waals surface area contributed by atoms with Crippen molar-refractivity contribution in [2.24, 2.45) is 0 Å². The van der Waals surface area contributed by atoms with Gasteiger partial charge in [0.2, 0.25) is 5.88 Å². The average molecular weight is 219 g/mol. The van der Waals surface area contributed by atoms with Crippen molar-refractivity contribution in [3.8, 4) is 5.88 Å². The molecule has 1 heterocycles. The number of carbonyl (C=O) groups excluding carboxylic acids is 1. The Kier molecular flexibility index (Phi) is 3.28. The molecule has 6 heteroatoms. The monoisotopic (exact) mass is 219 g/mol. The number of aldehydes is 1. The maximum Gasteiger partial charge on any atom is 0.416 e. The molecule has 1 rings (SSSR count). The van der Waals surface area contributed by atoms with E-state index >= 15 is 0 Å². The summed E-state index contributed by atoms with van der Waals surface area (Å²) in [7, 11) is 1.22. The van der Waals surface area contributed by atoms with Crippen molar-refractivity contribution in [1.29, 1.82) is 0 Å². The average Bonchev–Trinajstić information content (AvgIpc) is 2.17. The number of pyridine rings is 1. The second-order valence-electron chi connectivity index (χ2n) is 2.75. The lowest BCUT2D eigenvalue weighted by molar-refractivity contribution is -0.138. The van der Waals surface area contributed by atoms with E-state index < -0.39 is 11.7 Å². The molecule has 0 N–H and O–H groups in total. The molecule has 3 nitrogen and oxygen atoms in total. The van der Waals surface area contributed by atoms with E-state index in [0.717, 1.165) is 12.3 Å². The van der Waals surface area contributed by atoms with Crippen molar-refractivity contribution in [3.05, 3.63) is 23.4 Å². The molecule has 0 aliphatic heterocycles. The Bertz CT molecular complexity index is 363. The van der Waals surface area contributed by atoms with Gasteiger partial charge in [-0.25, -0.2) is 4.98 Å². The van der Waals surface area contributed by atoms with E-state index in [2.05, 4.69) is 9.72 Å². The Morgan fingerprint density at radius 3 is 2.67 bits per heavy atom. The number of methoxy groups -OCH3 is 1. The fraction of sp³-hybridized carbons (Fsp3) is 0.333. The van der Waals surface area contributed by atoms with Crippen LogP contribution in [0.25, 0.3) is 0 Å². The molecule has 82 valence electrons. The van der Waals surface area contributed by atoms with Crippen molar-refractivity contribution < 1.29 is 22.7 Å². The zero-order valence-corrected chi connectivity index (χ0v) is 7.84. The molecule has 0 saturated heterocycles. The van der Waals surface area contributed by atoms with Crippen LogP contribution in [0.2, 0.25) is 0 Å². The van der Waals surface area contributed by atoms with Gasteiger partial charge in [0.05, 0.1) is 12.7 Å². The lowest BCUT2D eigenvalue weighted by Crippen LogP contribution is -2.10. The summed E-state index contributed by atoms with van der Waals surface area (Å²) in [5.41, 5.74) is -1.04. The van der Waals surface area contributed by atoms with Crippen molar-refractivity contribution in [1.82, 2.24) is 4.98 Å².